The molecule has 31 heavy (non-hydrogen) atoms. The molecule has 1 fully saturated rings. The van der Waals surface area contributed by atoms with Crippen LogP contribution in [0.4, 0.5) is 0 Å². The summed E-state index contributed by atoms with van der Waals surface area (Å²) in [6.07, 6.45) is 0.852. The van der Waals surface area contributed by atoms with Crippen LogP contribution in [0.3, 0.4) is 0 Å². The number of para-hydroxylation sites is 2. The molecule has 0 unspecified atom stereocenters. The van der Waals surface area contributed by atoms with E-state index in [1.165, 1.54) is 4.31 Å². The van der Waals surface area contributed by atoms with Gasteiger partial charge in [-0.15, -0.1) is 0 Å². The van der Waals surface area contributed by atoms with Crippen LogP contribution in [-0.2, 0) is 26.2 Å². The van der Waals surface area contributed by atoms with Gasteiger partial charge in [0.15, 0.2) is 12.2 Å². The first-order valence-electron chi connectivity index (χ1n) is 10.3. The number of hydrogen-bond acceptors (Lipinski definition) is 6. The Kier molecular flexibility index (Phi) is 5.85. The zero-order chi connectivity index (χ0) is 22.2. The van der Waals surface area contributed by atoms with Crippen molar-refractivity contribution in [2.75, 3.05) is 13.1 Å². The minimum Gasteiger partial charge on any atom is -0.455 e. The van der Waals surface area contributed by atoms with Crippen LogP contribution in [0, 0.1) is 26.7 Å². The molecule has 1 aromatic heterocycles. The molecule has 3 aromatic rings. The van der Waals surface area contributed by atoms with E-state index in [1.54, 1.807) is 6.07 Å². The predicted octanol–water partition coefficient (Wildman–Crippen LogP) is 3.90. The van der Waals surface area contributed by atoms with Crippen LogP contribution in [0.1, 0.15) is 35.4 Å². The summed E-state index contributed by atoms with van der Waals surface area (Å²) in [5.41, 5.74) is 3.89. The second-order valence-electron chi connectivity index (χ2n) is 8.09. The summed E-state index contributed by atoms with van der Waals surface area (Å²) >= 11 is 0. The van der Waals surface area contributed by atoms with Gasteiger partial charge in [-0.1, -0.05) is 29.8 Å². The maximum atomic E-state index is 13.2. The van der Waals surface area contributed by atoms with E-state index in [1.807, 2.05) is 51.1 Å². The SMILES string of the molecule is Cc1cc(C)c(S(=O)(=O)N2CCC(C(=O)OCc3nc4ccccc4o3)CC2)c(C)c1. The Labute approximate surface area is 182 Å². The van der Waals surface area contributed by atoms with Gasteiger partial charge < -0.3 is 9.15 Å². The van der Waals surface area contributed by atoms with Gasteiger partial charge in [-0.05, 0) is 56.9 Å². The lowest BCUT2D eigenvalue weighted by Gasteiger charge is -2.31. The molecular weight excluding hydrogens is 416 g/mol. The molecule has 0 spiro atoms. The van der Waals surface area contributed by atoms with Crippen LogP contribution in [0.5, 0.6) is 0 Å². The number of ether oxygens (including phenoxy) is 1. The zero-order valence-corrected chi connectivity index (χ0v) is 18.7. The van der Waals surface area contributed by atoms with E-state index < -0.39 is 10.0 Å². The van der Waals surface area contributed by atoms with E-state index >= 15 is 0 Å². The molecule has 0 amide bonds. The van der Waals surface area contributed by atoms with Crippen molar-refractivity contribution in [3.05, 3.63) is 59.0 Å². The van der Waals surface area contributed by atoms with Crippen molar-refractivity contribution in [2.45, 2.75) is 45.1 Å². The second-order valence-corrected chi connectivity index (χ2v) is 9.96. The fourth-order valence-electron chi connectivity index (χ4n) is 4.27. The highest BCUT2D eigenvalue weighted by atomic mass is 32.2. The lowest BCUT2D eigenvalue weighted by Crippen LogP contribution is -2.41. The maximum absolute atomic E-state index is 13.2. The fourth-order valence-corrected chi connectivity index (χ4v) is 6.15. The number of benzene rings is 2. The first kappa shape index (κ1) is 21.5. The zero-order valence-electron chi connectivity index (χ0n) is 17.9. The minimum atomic E-state index is -3.60. The van der Waals surface area contributed by atoms with Gasteiger partial charge >= 0.3 is 5.97 Å². The largest absolute Gasteiger partial charge is 0.455 e. The van der Waals surface area contributed by atoms with Crippen molar-refractivity contribution < 1.29 is 22.4 Å². The molecule has 1 aliphatic heterocycles. The normalized spacial score (nSPS) is 16.0. The average Bonchev–Trinajstić information content (AvgIpc) is 3.14. The molecule has 0 aliphatic carbocycles. The lowest BCUT2D eigenvalue weighted by molar-refractivity contribution is -0.151. The van der Waals surface area contributed by atoms with Crippen molar-refractivity contribution in [3.63, 3.8) is 0 Å². The summed E-state index contributed by atoms with van der Waals surface area (Å²) < 4.78 is 38.8. The quantitative estimate of drug-likeness (QED) is 0.557. The number of nitrogens with zero attached hydrogens (tertiary/aromatic N) is 2. The number of aromatic nitrogens is 1. The Bertz CT molecular complexity index is 1170. The number of sulfonamides is 1. The Balaban J connectivity index is 1.37. The summed E-state index contributed by atoms with van der Waals surface area (Å²) in [5, 5.41) is 0. The average molecular weight is 443 g/mol. The molecule has 4 rings (SSSR count). The molecule has 164 valence electrons. The summed E-state index contributed by atoms with van der Waals surface area (Å²) in [5.74, 6) is -0.335. The van der Waals surface area contributed by atoms with E-state index in [0.29, 0.717) is 34.7 Å². The van der Waals surface area contributed by atoms with Gasteiger partial charge in [0, 0.05) is 13.1 Å². The highest BCUT2D eigenvalue weighted by Crippen LogP contribution is 2.29. The van der Waals surface area contributed by atoms with Crippen molar-refractivity contribution in [3.8, 4) is 0 Å². The molecule has 7 nitrogen and oxygen atoms in total. The molecule has 0 atom stereocenters. The Morgan fingerprint density at radius 3 is 2.42 bits per heavy atom. The third kappa shape index (κ3) is 4.36. The summed E-state index contributed by atoms with van der Waals surface area (Å²) in [4.78, 5) is 17.2. The molecule has 2 heterocycles. The van der Waals surface area contributed by atoms with Gasteiger partial charge in [0.1, 0.15) is 5.52 Å². The minimum absolute atomic E-state index is 0.0339. The van der Waals surface area contributed by atoms with Crippen LogP contribution in [0.15, 0.2) is 45.7 Å². The number of carbonyl (C=O) groups is 1. The number of hydrogen-bond donors (Lipinski definition) is 0. The van der Waals surface area contributed by atoms with Crippen molar-refractivity contribution in [1.82, 2.24) is 9.29 Å². The highest BCUT2D eigenvalue weighted by molar-refractivity contribution is 7.89. The Hall–Kier alpha value is -2.71. The van der Waals surface area contributed by atoms with E-state index in [4.69, 9.17) is 9.15 Å². The number of oxazole rings is 1. The van der Waals surface area contributed by atoms with Crippen LogP contribution in [-0.4, -0.2) is 36.8 Å². The molecular formula is C23H26N2O5S. The first-order valence-corrected chi connectivity index (χ1v) is 11.8. The second kappa shape index (κ2) is 8.43. The molecule has 1 saturated heterocycles. The number of rotatable bonds is 5. The van der Waals surface area contributed by atoms with Crippen LogP contribution in [0.2, 0.25) is 0 Å². The van der Waals surface area contributed by atoms with Gasteiger partial charge in [0.2, 0.25) is 15.9 Å². The number of fused-ring (bicyclic) bond motifs is 1. The standard InChI is InChI=1S/C23H26N2O5S/c1-15-12-16(2)22(17(3)13-15)31(27,28)25-10-8-18(9-11-25)23(26)29-14-21-24-19-6-4-5-7-20(19)30-21/h4-7,12-13,18H,8-11,14H2,1-3H3. The number of aryl methyl sites for hydroxylation is 3. The summed E-state index contributed by atoms with van der Waals surface area (Å²) in [7, 11) is -3.60. The number of carbonyl (C=O) groups excluding carboxylic acids is 1. The third-order valence-electron chi connectivity index (χ3n) is 5.67. The van der Waals surface area contributed by atoms with Crippen molar-refractivity contribution in [1.29, 1.82) is 0 Å². The number of piperidine rings is 1. The van der Waals surface area contributed by atoms with Gasteiger partial charge in [0.05, 0.1) is 10.8 Å². The smallest absolute Gasteiger partial charge is 0.309 e. The lowest BCUT2D eigenvalue weighted by atomic mass is 9.98. The predicted molar refractivity (Wildman–Crippen MR) is 116 cm³/mol. The van der Waals surface area contributed by atoms with Crippen LogP contribution < -0.4 is 0 Å². The Morgan fingerprint density at radius 2 is 1.77 bits per heavy atom. The third-order valence-corrected chi connectivity index (χ3v) is 7.87. The van der Waals surface area contributed by atoms with Crippen LogP contribution >= 0.6 is 0 Å². The molecule has 2 aromatic carbocycles. The van der Waals surface area contributed by atoms with E-state index in [-0.39, 0.29) is 31.6 Å². The van der Waals surface area contributed by atoms with Gasteiger partial charge in [0.25, 0.3) is 0 Å². The Morgan fingerprint density at radius 1 is 1.13 bits per heavy atom. The summed E-state index contributed by atoms with van der Waals surface area (Å²) in [6, 6.07) is 11.1. The molecule has 0 saturated carbocycles. The first-order chi connectivity index (χ1) is 14.8. The molecule has 0 radical (unpaired) electrons. The van der Waals surface area contributed by atoms with Gasteiger partial charge in [-0.2, -0.15) is 4.31 Å². The summed E-state index contributed by atoms with van der Waals surface area (Å²) in [6.45, 7) is 6.14. The van der Waals surface area contributed by atoms with Crippen molar-refractivity contribution >= 4 is 27.1 Å². The topological polar surface area (TPSA) is 89.7 Å². The molecule has 0 bridgehead atoms. The van der Waals surface area contributed by atoms with Gasteiger partial charge in [-0.25, -0.2) is 13.4 Å². The monoisotopic (exact) mass is 442 g/mol. The van der Waals surface area contributed by atoms with Gasteiger partial charge in [-0.3, -0.25) is 4.79 Å². The fraction of sp³-hybridized carbons (Fsp3) is 0.391. The van der Waals surface area contributed by atoms with E-state index in [2.05, 4.69) is 4.98 Å². The highest BCUT2D eigenvalue weighted by Gasteiger charge is 2.34. The van der Waals surface area contributed by atoms with E-state index in [0.717, 1.165) is 16.7 Å². The maximum Gasteiger partial charge on any atom is 0.309 e. The van der Waals surface area contributed by atoms with Crippen molar-refractivity contribution in [2.24, 2.45) is 5.92 Å². The van der Waals surface area contributed by atoms with Crippen LogP contribution in [0.25, 0.3) is 11.1 Å². The molecule has 8 heteroatoms. The van der Waals surface area contributed by atoms with E-state index in [9.17, 15) is 13.2 Å². The molecule has 0 N–H and O–H groups in total. The number of esters is 1. The molecule has 1 aliphatic rings.